The predicted octanol–water partition coefficient (Wildman–Crippen LogP) is 5.01. The van der Waals surface area contributed by atoms with E-state index in [4.69, 9.17) is 0 Å². The first-order chi connectivity index (χ1) is 9.36. The molecular formula is C16H16F3N. The lowest BCUT2D eigenvalue weighted by Crippen LogP contribution is -2.07. The Hall–Kier alpha value is -1.58. The molecule has 2 atom stereocenters. The number of pyridine rings is 1. The minimum absolute atomic E-state index is 0.502. The van der Waals surface area contributed by atoms with E-state index in [0.29, 0.717) is 23.1 Å². The zero-order valence-electron chi connectivity index (χ0n) is 11.4. The zero-order valence-corrected chi connectivity index (χ0v) is 11.4. The van der Waals surface area contributed by atoms with Gasteiger partial charge in [-0.1, -0.05) is 32.0 Å². The molecule has 0 aliphatic heterocycles. The summed E-state index contributed by atoms with van der Waals surface area (Å²) in [5.74, 6) is 1.79. The number of aromatic nitrogens is 1. The molecule has 1 aliphatic carbocycles. The Morgan fingerprint density at radius 1 is 1.15 bits per heavy atom. The molecule has 1 aliphatic rings. The number of halogens is 3. The Bertz CT molecular complexity index is 646. The van der Waals surface area contributed by atoms with E-state index in [1.165, 1.54) is 6.20 Å². The Labute approximate surface area is 115 Å². The van der Waals surface area contributed by atoms with E-state index >= 15 is 0 Å². The molecule has 0 N–H and O–H groups in total. The normalized spacial score (nSPS) is 22.5. The first-order valence-corrected chi connectivity index (χ1v) is 6.83. The maximum absolute atomic E-state index is 12.7. The summed E-state index contributed by atoms with van der Waals surface area (Å²) in [6, 6.07) is 6.92. The van der Waals surface area contributed by atoms with E-state index in [0.717, 1.165) is 23.4 Å². The van der Waals surface area contributed by atoms with Gasteiger partial charge in [-0.25, -0.2) is 0 Å². The maximum atomic E-state index is 12.7. The van der Waals surface area contributed by atoms with E-state index in [1.807, 2.05) is 18.2 Å². The molecule has 0 unspecified atom stereocenters. The van der Waals surface area contributed by atoms with Crippen molar-refractivity contribution in [2.45, 2.75) is 32.4 Å². The highest BCUT2D eigenvalue weighted by atomic mass is 19.4. The van der Waals surface area contributed by atoms with Gasteiger partial charge in [0.15, 0.2) is 0 Å². The number of alkyl halides is 3. The monoisotopic (exact) mass is 279 g/mol. The van der Waals surface area contributed by atoms with Crippen LogP contribution in [0.1, 0.15) is 37.4 Å². The predicted molar refractivity (Wildman–Crippen MR) is 72.4 cm³/mol. The Morgan fingerprint density at radius 3 is 2.50 bits per heavy atom. The summed E-state index contributed by atoms with van der Waals surface area (Å²) in [5.41, 5.74) is 0.328. The van der Waals surface area contributed by atoms with Crippen LogP contribution in [0.2, 0.25) is 0 Å². The van der Waals surface area contributed by atoms with Crippen molar-refractivity contribution in [3.8, 4) is 0 Å². The molecule has 1 aromatic heterocycles. The van der Waals surface area contributed by atoms with E-state index in [2.05, 4.69) is 18.8 Å². The smallest absolute Gasteiger partial charge is 0.251 e. The third-order valence-corrected chi connectivity index (χ3v) is 4.16. The molecule has 1 fully saturated rings. The van der Waals surface area contributed by atoms with Crippen molar-refractivity contribution in [3.63, 3.8) is 0 Å². The molecule has 0 amide bonds. The molecular weight excluding hydrogens is 263 g/mol. The van der Waals surface area contributed by atoms with Crippen LogP contribution in [0.5, 0.6) is 0 Å². The second kappa shape index (κ2) is 4.47. The summed E-state index contributed by atoms with van der Waals surface area (Å²) >= 11 is 0. The van der Waals surface area contributed by atoms with Crippen molar-refractivity contribution in [3.05, 3.63) is 41.7 Å². The van der Waals surface area contributed by atoms with Crippen molar-refractivity contribution in [2.75, 3.05) is 0 Å². The van der Waals surface area contributed by atoms with Gasteiger partial charge < -0.3 is 0 Å². The van der Waals surface area contributed by atoms with Gasteiger partial charge in [0.1, 0.15) is 5.69 Å². The molecule has 0 radical (unpaired) electrons. The molecule has 1 saturated carbocycles. The highest BCUT2D eigenvalue weighted by Crippen LogP contribution is 2.52. The lowest BCUT2D eigenvalue weighted by atomic mass is 10.0. The van der Waals surface area contributed by atoms with Crippen LogP contribution < -0.4 is 0 Å². The molecule has 0 spiro atoms. The number of hydrogen-bond acceptors (Lipinski definition) is 1. The fourth-order valence-corrected chi connectivity index (χ4v) is 2.88. The number of rotatable bonds is 2. The maximum Gasteiger partial charge on any atom is 0.433 e. The SMILES string of the molecule is CC(C)[C@H]1C[C@@H]1c1ccc2cnc(C(F)(F)F)cc2c1. The second-order valence-electron chi connectivity index (χ2n) is 5.92. The largest absolute Gasteiger partial charge is 0.433 e. The van der Waals surface area contributed by atoms with Gasteiger partial charge in [0.25, 0.3) is 0 Å². The number of nitrogens with zero attached hydrogens (tertiary/aromatic N) is 1. The fraction of sp³-hybridized carbons (Fsp3) is 0.438. The molecule has 3 rings (SSSR count). The molecule has 0 saturated heterocycles. The topological polar surface area (TPSA) is 12.9 Å². The van der Waals surface area contributed by atoms with Crippen molar-refractivity contribution >= 4 is 10.8 Å². The van der Waals surface area contributed by atoms with Gasteiger partial charge in [-0.3, -0.25) is 4.98 Å². The van der Waals surface area contributed by atoms with Gasteiger partial charge in [0, 0.05) is 11.6 Å². The van der Waals surface area contributed by atoms with Gasteiger partial charge in [0.05, 0.1) is 0 Å². The minimum Gasteiger partial charge on any atom is -0.251 e. The van der Waals surface area contributed by atoms with Crippen LogP contribution in [0.3, 0.4) is 0 Å². The van der Waals surface area contributed by atoms with Crippen LogP contribution in [0.25, 0.3) is 10.8 Å². The summed E-state index contributed by atoms with van der Waals surface area (Å²) in [7, 11) is 0. The van der Waals surface area contributed by atoms with Crippen LogP contribution in [-0.2, 0) is 6.18 Å². The number of fused-ring (bicyclic) bond motifs is 1. The highest BCUT2D eigenvalue weighted by Gasteiger charge is 2.40. The van der Waals surface area contributed by atoms with Gasteiger partial charge >= 0.3 is 6.18 Å². The summed E-state index contributed by atoms with van der Waals surface area (Å²) in [5, 5.41) is 1.38. The fourth-order valence-electron chi connectivity index (χ4n) is 2.88. The highest BCUT2D eigenvalue weighted by molar-refractivity contribution is 5.83. The van der Waals surface area contributed by atoms with E-state index < -0.39 is 11.9 Å². The van der Waals surface area contributed by atoms with Crippen molar-refractivity contribution in [1.82, 2.24) is 4.98 Å². The number of hydrogen-bond donors (Lipinski definition) is 0. The average molecular weight is 279 g/mol. The van der Waals surface area contributed by atoms with Crippen LogP contribution in [0.4, 0.5) is 13.2 Å². The molecule has 106 valence electrons. The molecule has 1 nitrogen and oxygen atoms in total. The first-order valence-electron chi connectivity index (χ1n) is 6.83. The molecule has 0 bridgehead atoms. The second-order valence-corrected chi connectivity index (χ2v) is 5.92. The summed E-state index contributed by atoms with van der Waals surface area (Å²) in [6.07, 6.45) is -1.95. The Kier molecular flexibility index (Phi) is 3.00. The third kappa shape index (κ3) is 2.39. The standard InChI is InChI=1S/C16H16F3N/c1-9(2)13-7-14(13)10-3-4-11-8-20-15(16(17,18)19)6-12(11)5-10/h3-6,8-9,13-14H,7H2,1-2H3/t13-,14-/m1/s1. The lowest BCUT2D eigenvalue weighted by Gasteiger charge is -2.08. The molecule has 20 heavy (non-hydrogen) atoms. The lowest BCUT2D eigenvalue weighted by molar-refractivity contribution is -0.141. The van der Waals surface area contributed by atoms with Crippen molar-refractivity contribution in [2.24, 2.45) is 11.8 Å². The minimum atomic E-state index is -4.38. The first kappa shape index (κ1) is 13.4. The van der Waals surface area contributed by atoms with E-state index in [1.54, 1.807) is 0 Å². The number of benzene rings is 1. The zero-order chi connectivity index (χ0) is 14.5. The average Bonchev–Trinajstić information content (AvgIpc) is 3.16. The summed E-state index contributed by atoms with van der Waals surface area (Å²) in [6.45, 7) is 4.38. The van der Waals surface area contributed by atoms with Crippen molar-refractivity contribution in [1.29, 1.82) is 0 Å². The third-order valence-electron chi connectivity index (χ3n) is 4.16. The van der Waals surface area contributed by atoms with E-state index in [9.17, 15) is 13.2 Å². The van der Waals surface area contributed by atoms with Crippen molar-refractivity contribution < 1.29 is 13.2 Å². The van der Waals surface area contributed by atoms with Gasteiger partial charge in [-0.15, -0.1) is 0 Å². The van der Waals surface area contributed by atoms with Crippen LogP contribution in [0, 0.1) is 11.8 Å². The summed E-state index contributed by atoms with van der Waals surface area (Å²) in [4.78, 5) is 3.49. The molecule has 1 heterocycles. The van der Waals surface area contributed by atoms with Gasteiger partial charge in [0.2, 0.25) is 0 Å². The molecule has 1 aromatic carbocycles. The quantitative estimate of drug-likeness (QED) is 0.752. The summed E-state index contributed by atoms with van der Waals surface area (Å²) < 4.78 is 38.1. The molecule has 2 aromatic rings. The van der Waals surface area contributed by atoms with Gasteiger partial charge in [-0.05, 0) is 41.2 Å². The molecule has 4 heteroatoms. The Morgan fingerprint density at radius 2 is 1.90 bits per heavy atom. The van der Waals surface area contributed by atoms with Gasteiger partial charge in [-0.2, -0.15) is 13.2 Å². The Balaban J connectivity index is 1.98. The van der Waals surface area contributed by atoms with Crippen LogP contribution in [0.15, 0.2) is 30.5 Å². The van der Waals surface area contributed by atoms with Crippen LogP contribution in [-0.4, -0.2) is 4.98 Å². The van der Waals surface area contributed by atoms with E-state index in [-0.39, 0.29) is 0 Å². The van der Waals surface area contributed by atoms with Crippen LogP contribution >= 0.6 is 0 Å².